The summed E-state index contributed by atoms with van der Waals surface area (Å²) in [5, 5.41) is 7.16. The van der Waals surface area contributed by atoms with E-state index in [-0.39, 0.29) is 12.5 Å². The number of likely N-dealkylation sites (tertiary alicyclic amines) is 1. The minimum atomic E-state index is 0.00501. The van der Waals surface area contributed by atoms with E-state index in [2.05, 4.69) is 34.5 Å². The van der Waals surface area contributed by atoms with Gasteiger partial charge in [0.2, 0.25) is 5.91 Å². The Balaban J connectivity index is 1.63. The summed E-state index contributed by atoms with van der Waals surface area (Å²) in [7, 11) is 3.84. The van der Waals surface area contributed by atoms with Crippen LogP contribution in [0.2, 0.25) is 0 Å². The summed E-state index contributed by atoms with van der Waals surface area (Å²) < 4.78 is 6.90. The molecule has 134 valence electrons. The number of nitrogens with one attached hydrogen (secondary N) is 1. The molecular formula is C19H26N4O2. The molecular weight excluding hydrogens is 316 g/mol. The number of hydrogen-bond acceptors (Lipinski definition) is 4. The molecule has 1 amide bonds. The summed E-state index contributed by atoms with van der Waals surface area (Å²) in [4.78, 5) is 14.5. The molecule has 1 aromatic heterocycles. The Hall–Kier alpha value is -2.34. The quantitative estimate of drug-likeness (QED) is 0.873. The molecule has 0 unspecified atom stereocenters. The maximum atomic E-state index is 12.2. The maximum absolute atomic E-state index is 12.2. The van der Waals surface area contributed by atoms with E-state index in [0.29, 0.717) is 18.5 Å². The lowest BCUT2D eigenvalue weighted by atomic mass is 9.85. The van der Waals surface area contributed by atoms with Crippen molar-refractivity contribution in [1.29, 1.82) is 0 Å². The molecule has 0 bridgehead atoms. The third-order valence-electron chi connectivity index (χ3n) is 4.89. The van der Waals surface area contributed by atoms with Crippen molar-refractivity contribution in [3.05, 3.63) is 48.3 Å². The van der Waals surface area contributed by atoms with E-state index >= 15 is 0 Å². The van der Waals surface area contributed by atoms with Gasteiger partial charge in [0.15, 0.2) is 0 Å². The highest BCUT2D eigenvalue weighted by Gasteiger charge is 2.30. The van der Waals surface area contributed by atoms with Crippen molar-refractivity contribution < 1.29 is 9.53 Å². The van der Waals surface area contributed by atoms with Gasteiger partial charge in [-0.15, -0.1) is 0 Å². The highest BCUT2D eigenvalue weighted by atomic mass is 16.5. The van der Waals surface area contributed by atoms with Gasteiger partial charge in [-0.1, -0.05) is 12.1 Å². The second-order valence-electron chi connectivity index (χ2n) is 6.61. The molecule has 0 radical (unpaired) electrons. The maximum Gasteiger partial charge on any atom is 0.241 e. The minimum absolute atomic E-state index is 0.00501. The Kier molecular flexibility index (Phi) is 5.71. The minimum Gasteiger partial charge on any atom is -0.497 e. The molecule has 1 aliphatic rings. The topological polar surface area (TPSA) is 59.4 Å². The van der Waals surface area contributed by atoms with Crippen LogP contribution in [0, 0.1) is 5.92 Å². The number of carbonyl (C=O) groups is 1. The number of hydrogen-bond donors (Lipinski definition) is 1. The number of aromatic nitrogens is 2. The van der Waals surface area contributed by atoms with Crippen LogP contribution in [0.4, 0.5) is 0 Å². The number of amides is 1. The van der Waals surface area contributed by atoms with Gasteiger partial charge in [-0.2, -0.15) is 5.10 Å². The first-order valence-corrected chi connectivity index (χ1v) is 8.75. The molecule has 1 fully saturated rings. The van der Waals surface area contributed by atoms with Gasteiger partial charge in [-0.25, -0.2) is 0 Å². The van der Waals surface area contributed by atoms with Crippen molar-refractivity contribution in [1.82, 2.24) is 20.0 Å². The Morgan fingerprint density at radius 2 is 2.16 bits per heavy atom. The van der Waals surface area contributed by atoms with Crippen LogP contribution in [0.5, 0.6) is 5.75 Å². The standard InChI is InChI=1S/C19H26N4O2/c1-22-11-3-5-16(13-20-18(24)14-23-12-4-10-21-23)19(22)15-6-8-17(25-2)9-7-15/h4,6-10,12,16,19H,3,5,11,13-14H2,1-2H3,(H,20,24)/t16-,19-/m0/s1. The van der Waals surface area contributed by atoms with Crippen molar-refractivity contribution >= 4 is 5.91 Å². The van der Waals surface area contributed by atoms with Crippen LogP contribution >= 0.6 is 0 Å². The number of piperidine rings is 1. The molecule has 2 atom stereocenters. The summed E-state index contributed by atoms with van der Waals surface area (Å²) in [6.07, 6.45) is 5.75. The smallest absolute Gasteiger partial charge is 0.241 e. The first kappa shape index (κ1) is 17.5. The van der Waals surface area contributed by atoms with Crippen molar-refractivity contribution in [2.24, 2.45) is 5.92 Å². The van der Waals surface area contributed by atoms with Gasteiger partial charge in [0.25, 0.3) is 0 Å². The Labute approximate surface area is 148 Å². The van der Waals surface area contributed by atoms with E-state index < -0.39 is 0 Å². The average Bonchev–Trinajstić information content (AvgIpc) is 3.13. The van der Waals surface area contributed by atoms with Crippen LogP contribution in [0.1, 0.15) is 24.4 Å². The van der Waals surface area contributed by atoms with E-state index in [9.17, 15) is 4.79 Å². The number of methoxy groups -OCH3 is 1. The van der Waals surface area contributed by atoms with Crippen molar-refractivity contribution in [2.75, 3.05) is 27.2 Å². The van der Waals surface area contributed by atoms with E-state index in [1.54, 1.807) is 24.2 Å². The van der Waals surface area contributed by atoms with Crippen molar-refractivity contribution in [3.63, 3.8) is 0 Å². The summed E-state index contributed by atoms with van der Waals surface area (Å²) in [6, 6.07) is 10.4. The van der Waals surface area contributed by atoms with E-state index in [4.69, 9.17) is 4.74 Å². The number of carbonyl (C=O) groups excluding carboxylic acids is 1. The largest absolute Gasteiger partial charge is 0.497 e. The van der Waals surface area contributed by atoms with E-state index in [1.807, 2.05) is 18.2 Å². The first-order chi connectivity index (χ1) is 12.2. The molecule has 25 heavy (non-hydrogen) atoms. The van der Waals surface area contributed by atoms with Gasteiger partial charge in [0.05, 0.1) is 7.11 Å². The fraction of sp³-hybridized carbons (Fsp3) is 0.474. The third-order valence-corrected chi connectivity index (χ3v) is 4.89. The zero-order valence-corrected chi connectivity index (χ0v) is 14.9. The zero-order chi connectivity index (χ0) is 17.6. The first-order valence-electron chi connectivity index (χ1n) is 8.75. The molecule has 1 saturated heterocycles. The van der Waals surface area contributed by atoms with E-state index in [1.165, 1.54) is 5.56 Å². The molecule has 1 aliphatic heterocycles. The molecule has 6 heteroatoms. The molecule has 3 rings (SSSR count). The second kappa shape index (κ2) is 8.16. The van der Waals surface area contributed by atoms with Gasteiger partial charge >= 0.3 is 0 Å². The highest BCUT2D eigenvalue weighted by Crippen LogP contribution is 2.35. The fourth-order valence-electron chi connectivity index (χ4n) is 3.64. The molecule has 0 saturated carbocycles. The molecule has 6 nitrogen and oxygen atoms in total. The average molecular weight is 342 g/mol. The van der Waals surface area contributed by atoms with Crippen LogP contribution in [0.3, 0.4) is 0 Å². The Bertz CT molecular complexity index is 669. The summed E-state index contributed by atoms with van der Waals surface area (Å²) >= 11 is 0. The lowest BCUT2D eigenvalue weighted by Gasteiger charge is -2.39. The lowest BCUT2D eigenvalue weighted by molar-refractivity contribution is -0.122. The predicted molar refractivity (Wildman–Crippen MR) is 96.3 cm³/mol. The summed E-state index contributed by atoms with van der Waals surface area (Å²) in [6.45, 7) is 2.03. The molecule has 2 heterocycles. The fourth-order valence-corrected chi connectivity index (χ4v) is 3.64. The third kappa shape index (κ3) is 4.39. The van der Waals surface area contributed by atoms with Crippen molar-refractivity contribution in [3.8, 4) is 5.75 Å². The molecule has 1 N–H and O–H groups in total. The summed E-state index contributed by atoms with van der Waals surface area (Å²) in [5.41, 5.74) is 1.27. The number of ether oxygens (including phenoxy) is 1. The zero-order valence-electron chi connectivity index (χ0n) is 14.9. The molecule has 0 aliphatic carbocycles. The highest BCUT2D eigenvalue weighted by molar-refractivity contribution is 5.75. The SMILES string of the molecule is COc1ccc([C@H]2[C@H](CNC(=O)Cn3cccn3)CCCN2C)cc1. The Morgan fingerprint density at radius 3 is 2.84 bits per heavy atom. The van der Waals surface area contributed by atoms with Crippen LogP contribution < -0.4 is 10.1 Å². The van der Waals surface area contributed by atoms with Gasteiger partial charge in [-0.3, -0.25) is 14.4 Å². The van der Waals surface area contributed by atoms with Crippen LogP contribution in [0.15, 0.2) is 42.7 Å². The monoisotopic (exact) mass is 342 g/mol. The van der Waals surface area contributed by atoms with Crippen molar-refractivity contribution in [2.45, 2.75) is 25.4 Å². The van der Waals surface area contributed by atoms with E-state index in [0.717, 1.165) is 25.1 Å². The number of rotatable bonds is 6. The molecule has 2 aromatic rings. The van der Waals surface area contributed by atoms with Crippen LogP contribution in [-0.4, -0.2) is 47.8 Å². The molecule has 0 spiro atoms. The number of nitrogens with zero attached hydrogens (tertiary/aromatic N) is 3. The van der Waals surface area contributed by atoms with Gasteiger partial charge in [0.1, 0.15) is 12.3 Å². The van der Waals surface area contributed by atoms with Gasteiger partial charge in [-0.05, 0) is 56.1 Å². The van der Waals surface area contributed by atoms with Crippen LogP contribution in [-0.2, 0) is 11.3 Å². The van der Waals surface area contributed by atoms with Crippen LogP contribution in [0.25, 0.3) is 0 Å². The lowest BCUT2D eigenvalue weighted by Crippen LogP contribution is -2.42. The normalized spacial score (nSPS) is 21.0. The predicted octanol–water partition coefficient (Wildman–Crippen LogP) is 2.09. The Morgan fingerprint density at radius 1 is 1.36 bits per heavy atom. The van der Waals surface area contributed by atoms with Gasteiger partial charge in [0, 0.05) is 25.0 Å². The number of benzene rings is 1. The van der Waals surface area contributed by atoms with Gasteiger partial charge < -0.3 is 10.1 Å². The summed E-state index contributed by atoms with van der Waals surface area (Å²) in [5.74, 6) is 1.27. The second-order valence-corrected chi connectivity index (χ2v) is 6.61. The molecule has 1 aromatic carbocycles.